The van der Waals surface area contributed by atoms with Crippen molar-refractivity contribution in [3.05, 3.63) is 53.3 Å². The molecule has 0 aliphatic carbocycles. The topological polar surface area (TPSA) is 29.9 Å². The average molecular weight is 243 g/mol. The summed E-state index contributed by atoms with van der Waals surface area (Å²) in [6.45, 7) is 2.14. The maximum Gasteiger partial charge on any atom is 0.0550 e. The molecule has 0 amide bonds. The Balaban J connectivity index is 2.02. The molecular formula is C15H21N3. The maximum atomic E-state index is 4.23. The molecule has 2 rings (SSSR count). The van der Waals surface area contributed by atoms with E-state index in [1.54, 1.807) is 0 Å². The van der Waals surface area contributed by atoms with Gasteiger partial charge in [0.2, 0.25) is 0 Å². The molecule has 1 N–H and O–H groups in total. The molecule has 3 heteroatoms. The number of nitrogens with zero attached hydrogens (tertiary/aromatic N) is 2. The zero-order chi connectivity index (χ0) is 13.0. The van der Waals surface area contributed by atoms with Crippen molar-refractivity contribution in [2.24, 2.45) is 7.05 Å². The summed E-state index contributed by atoms with van der Waals surface area (Å²) in [5.41, 5.74) is 3.97. The van der Waals surface area contributed by atoms with Crippen LogP contribution in [0.15, 0.2) is 36.5 Å². The molecule has 1 atom stereocenters. The lowest BCUT2D eigenvalue weighted by Gasteiger charge is -2.16. The molecule has 1 unspecified atom stereocenters. The molecule has 0 spiro atoms. The second kappa shape index (κ2) is 5.83. The molecule has 0 aliphatic rings. The van der Waals surface area contributed by atoms with Crippen LogP contribution < -0.4 is 5.32 Å². The third-order valence-electron chi connectivity index (χ3n) is 3.37. The summed E-state index contributed by atoms with van der Waals surface area (Å²) >= 11 is 0. The fourth-order valence-electron chi connectivity index (χ4n) is 2.34. The lowest BCUT2D eigenvalue weighted by atomic mass is 10.0. The number of aromatic nitrogens is 2. The summed E-state index contributed by atoms with van der Waals surface area (Å²) in [6.07, 6.45) is 4.02. The van der Waals surface area contributed by atoms with Crippen LogP contribution in [0.25, 0.3) is 0 Å². The third kappa shape index (κ3) is 2.99. The second-order valence-corrected chi connectivity index (χ2v) is 4.75. The molecule has 0 bridgehead atoms. The van der Waals surface area contributed by atoms with E-state index >= 15 is 0 Å². The van der Waals surface area contributed by atoms with Gasteiger partial charge in [-0.05, 0) is 38.4 Å². The van der Waals surface area contributed by atoms with Crippen LogP contribution >= 0.6 is 0 Å². The Morgan fingerprint density at radius 1 is 1.33 bits per heavy atom. The summed E-state index contributed by atoms with van der Waals surface area (Å²) in [4.78, 5) is 0. The first-order valence-electron chi connectivity index (χ1n) is 6.41. The highest BCUT2D eigenvalue weighted by molar-refractivity contribution is 5.22. The van der Waals surface area contributed by atoms with E-state index < -0.39 is 0 Å². The van der Waals surface area contributed by atoms with Crippen molar-refractivity contribution < 1.29 is 0 Å². The van der Waals surface area contributed by atoms with Gasteiger partial charge in [-0.2, -0.15) is 5.10 Å². The van der Waals surface area contributed by atoms with Crippen LogP contribution in [0, 0.1) is 6.92 Å². The first-order valence-corrected chi connectivity index (χ1v) is 6.41. The first-order chi connectivity index (χ1) is 8.70. The first kappa shape index (κ1) is 12.8. The Morgan fingerprint density at radius 2 is 2.17 bits per heavy atom. The van der Waals surface area contributed by atoms with Gasteiger partial charge in [0.05, 0.1) is 5.69 Å². The fraction of sp³-hybridized carbons (Fsp3) is 0.400. The molecule has 3 nitrogen and oxygen atoms in total. The number of hydrogen-bond donors (Lipinski definition) is 1. The van der Waals surface area contributed by atoms with E-state index in [0.717, 1.165) is 12.8 Å². The molecule has 96 valence electrons. The smallest absolute Gasteiger partial charge is 0.0550 e. The van der Waals surface area contributed by atoms with Crippen LogP contribution in [0.5, 0.6) is 0 Å². The van der Waals surface area contributed by atoms with Gasteiger partial charge in [0.25, 0.3) is 0 Å². The number of hydrogen-bond acceptors (Lipinski definition) is 2. The van der Waals surface area contributed by atoms with Gasteiger partial charge in [0, 0.05) is 19.3 Å². The van der Waals surface area contributed by atoms with Gasteiger partial charge in [-0.3, -0.25) is 4.68 Å². The minimum atomic E-state index is 0.359. The summed E-state index contributed by atoms with van der Waals surface area (Å²) in [6, 6.07) is 11.2. The van der Waals surface area contributed by atoms with Crippen LogP contribution in [0.4, 0.5) is 0 Å². The number of aryl methyl sites for hydroxylation is 3. The highest BCUT2D eigenvalue weighted by Crippen LogP contribution is 2.18. The Hall–Kier alpha value is -1.61. The van der Waals surface area contributed by atoms with Gasteiger partial charge in [0.1, 0.15) is 0 Å². The third-order valence-corrected chi connectivity index (χ3v) is 3.37. The molecule has 0 fully saturated rings. The molecule has 0 radical (unpaired) electrons. The molecule has 0 saturated heterocycles. The van der Waals surface area contributed by atoms with Crippen molar-refractivity contribution in [2.45, 2.75) is 25.8 Å². The zero-order valence-electron chi connectivity index (χ0n) is 11.4. The van der Waals surface area contributed by atoms with E-state index in [1.807, 2.05) is 25.0 Å². The monoisotopic (exact) mass is 243 g/mol. The van der Waals surface area contributed by atoms with Gasteiger partial charge in [0.15, 0.2) is 0 Å². The molecule has 1 heterocycles. The SMILES string of the molecule is CNC(CCc1cccc(C)c1)c1ccnn1C. The van der Waals surface area contributed by atoms with Crippen LogP contribution in [0.2, 0.25) is 0 Å². The van der Waals surface area contributed by atoms with Gasteiger partial charge in [-0.15, -0.1) is 0 Å². The Bertz CT molecular complexity index is 502. The standard InChI is InChI=1S/C15H21N3/c1-12-5-4-6-13(11-12)7-8-14(16-2)15-9-10-17-18(15)3/h4-6,9-11,14,16H,7-8H2,1-3H3. The van der Waals surface area contributed by atoms with Crippen LogP contribution in [0.1, 0.15) is 29.3 Å². The summed E-state index contributed by atoms with van der Waals surface area (Å²) in [7, 11) is 4.00. The summed E-state index contributed by atoms with van der Waals surface area (Å²) < 4.78 is 1.94. The molecule has 0 saturated carbocycles. The highest BCUT2D eigenvalue weighted by atomic mass is 15.3. The Labute approximate surface area is 109 Å². The van der Waals surface area contributed by atoms with E-state index in [2.05, 4.69) is 47.7 Å². The summed E-state index contributed by atoms with van der Waals surface area (Å²) in [5.74, 6) is 0. The predicted octanol–water partition coefficient (Wildman–Crippen LogP) is 2.62. The van der Waals surface area contributed by atoms with Crippen LogP contribution in [-0.4, -0.2) is 16.8 Å². The van der Waals surface area contributed by atoms with Crippen molar-refractivity contribution >= 4 is 0 Å². The fourth-order valence-corrected chi connectivity index (χ4v) is 2.34. The largest absolute Gasteiger partial charge is 0.312 e. The molecular weight excluding hydrogens is 222 g/mol. The van der Waals surface area contributed by atoms with Crippen molar-refractivity contribution in [1.82, 2.24) is 15.1 Å². The lowest BCUT2D eigenvalue weighted by Crippen LogP contribution is -2.20. The normalized spacial score (nSPS) is 12.6. The van der Waals surface area contributed by atoms with E-state index in [1.165, 1.54) is 16.8 Å². The lowest BCUT2D eigenvalue weighted by molar-refractivity contribution is 0.506. The minimum Gasteiger partial charge on any atom is -0.312 e. The van der Waals surface area contributed by atoms with Crippen LogP contribution in [0.3, 0.4) is 0 Å². The zero-order valence-corrected chi connectivity index (χ0v) is 11.4. The van der Waals surface area contributed by atoms with E-state index in [0.29, 0.717) is 6.04 Å². The van der Waals surface area contributed by atoms with Crippen molar-refractivity contribution in [3.8, 4) is 0 Å². The second-order valence-electron chi connectivity index (χ2n) is 4.75. The average Bonchev–Trinajstić information content (AvgIpc) is 2.77. The van der Waals surface area contributed by atoms with E-state index in [-0.39, 0.29) is 0 Å². The molecule has 1 aromatic heterocycles. The minimum absolute atomic E-state index is 0.359. The Morgan fingerprint density at radius 3 is 2.78 bits per heavy atom. The molecule has 1 aromatic carbocycles. The predicted molar refractivity (Wildman–Crippen MR) is 74.5 cm³/mol. The Kier molecular flexibility index (Phi) is 4.15. The van der Waals surface area contributed by atoms with Gasteiger partial charge in [-0.25, -0.2) is 0 Å². The van der Waals surface area contributed by atoms with Crippen molar-refractivity contribution in [1.29, 1.82) is 0 Å². The van der Waals surface area contributed by atoms with Gasteiger partial charge < -0.3 is 5.32 Å². The van der Waals surface area contributed by atoms with E-state index in [4.69, 9.17) is 0 Å². The summed E-state index contributed by atoms with van der Waals surface area (Å²) in [5, 5.41) is 7.60. The number of nitrogens with one attached hydrogen (secondary N) is 1. The van der Waals surface area contributed by atoms with E-state index in [9.17, 15) is 0 Å². The number of benzene rings is 1. The molecule has 2 aromatic rings. The quantitative estimate of drug-likeness (QED) is 0.875. The van der Waals surface area contributed by atoms with Gasteiger partial charge >= 0.3 is 0 Å². The van der Waals surface area contributed by atoms with Crippen LogP contribution in [-0.2, 0) is 13.5 Å². The van der Waals surface area contributed by atoms with Gasteiger partial charge in [-0.1, -0.05) is 29.8 Å². The molecule has 0 aliphatic heterocycles. The van der Waals surface area contributed by atoms with Crippen molar-refractivity contribution in [3.63, 3.8) is 0 Å². The highest BCUT2D eigenvalue weighted by Gasteiger charge is 2.12. The number of rotatable bonds is 5. The molecule has 18 heavy (non-hydrogen) atoms. The van der Waals surface area contributed by atoms with Crippen molar-refractivity contribution in [2.75, 3.05) is 7.05 Å². The maximum absolute atomic E-state index is 4.23.